The summed E-state index contributed by atoms with van der Waals surface area (Å²) < 4.78 is 11.6. The molecule has 6 heteroatoms. The van der Waals surface area contributed by atoms with Crippen LogP contribution in [-0.2, 0) is 0 Å². The van der Waals surface area contributed by atoms with Gasteiger partial charge in [-0.3, -0.25) is 4.79 Å². The maximum absolute atomic E-state index is 12.4. The van der Waals surface area contributed by atoms with Gasteiger partial charge in [-0.1, -0.05) is 0 Å². The molecule has 1 aliphatic rings. The van der Waals surface area contributed by atoms with Crippen molar-refractivity contribution in [2.24, 2.45) is 0 Å². The van der Waals surface area contributed by atoms with Crippen molar-refractivity contribution in [3.05, 3.63) is 59.6 Å². The van der Waals surface area contributed by atoms with E-state index in [9.17, 15) is 10.0 Å². The van der Waals surface area contributed by atoms with Gasteiger partial charge in [0.15, 0.2) is 12.4 Å². The van der Waals surface area contributed by atoms with E-state index in [1.54, 1.807) is 24.1 Å². The van der Waals surface area contributed by atoms with Crippen molar-refractivity contribution in [2.75, 3.05) is 20.2 Å². The summed E-state index contributed by atoms with van der Waals surface area (Å²) in [6, 6.07) is 10.6. The number of amides is 1. The van der Waals surface area contributed by atoms with E-state index in [2.05, 4.69) is 0 Å². The molecule has 2 heterocycles. The number of benzene rings is 1. The molecule has 0 saturated carbocycles. The maximum atomic E-state index is 12.4. The first-order valence-electron chi connectivity index (χ1n) is 7.44. The van der Waals surface area contributed by atoms with Crippen LogP contribution in [0.1, 0.15) is 16.8 Å². The first-order chi connectivity index (χ1) is 11.2. The zero-order valence-electron chi connectivity index (χ0n) is 12.8. The zero-order chi connectivity index (χ0) is 16.2. The van der Waals surface area contributed by atoms with Crippen LogP contribution < -0.4 is 14.2 Å². The van der Waals surface area contributed by atoms with Gasteiger partial charge in [-0.15, -0.1) is 0 Å². The lowest BCUT2D eigenvalue weighted by Crippen LogP contribution is -2.33. The topological polar surface area (TPSA) is 65.7 Å². The molecule has 1 amide bonds. The number of rotatable bonds is 4. The van der Waals surface area contributed by atoms with Crippen molar-refractivity contribution in [3.8, 4) is 11.5 Å². The van der Waals surface area contributed by atoms with E-state index in [1.807, 2.05) is 24.3 Å². The molecule has 0 spiro atoms. The average Bonchev–Trinajstić information content (AvgIpc) is 3.03. The monoisotopic (exact) mass is 314 g/mol. The van der Waals surface area contributed by atoms with E-state index >= 15 is 0 Å². The lowest BCUT2D eigenvalue weighted by atomic mass is 10.2. The second kappa shape index (κ2) is 6.56. The van der Waals surface area contributed by atoms with Crippen LogP contribution in [0.15, 0.2) is 48.8 Å². The number of ether oxygens (including phenoxy) is 2. The summed E-state index contributed by atoms with van der Waals surface area (Å²) in [6.07, 6.45) is 3.37. The van der Waals surface area contributed by atoms with Crippen LogP contribution in [0.5, 0.6) is 11.5 Å². The molecule has 1 unspecified atom stereocenters. The Morgan fingerprint density at radius 3 is 2.70 bits per heavy atom. The van der Waals surface area contributed by atoms with Gasteiger partial charge in [0.2, 0.25) is 0 Å². The van der Waals surface area contributed by atoms with Crippen LogP contribution in [0.3, 0.4) is 0 Å². The Morgan fingerprint density at radius 1 is 1.26 bits per heavy atom. The number of carbonyl (C=O) groups is 1. The number of pyridine rings is 1. The lowest BCUT2D eigenvalue weighted by Gasteiger charge is -2.17. The van der Waals surface area contributed by atoms with Crippen LogP contribution in [0.4, 0.5) is 0 Å². The molecule has 6 nitrogen and oxygen atoms in total. The zero-order valence-corrected chi connectivity index (χ0v) is 12.8. The quantitative estimate of drug-likeness (QED) is 0.635. The summed E-state index contributed by atoms with van der Waals surface area (Å²) >= 11 is 0. The number of hydrogen-bond donors (Lipinski definition) is 0. The average molecular weight is 314 g/mol. The minimum absolute atomic E-state index is 0.0459. The van der Waals surface area contributed by atoms with Crippen molar-refractivity contribution >= 4 is 5.91 Å². The van der Waals surface area contributed by atoms with Crippen LogP contribution >= 0.6 is 0 Å². The molecule has 120 valence electrons. The van der Waals surface area contributed by atoms with Gasteiger partial charge in [-0.2, -0.15) is 4.73 Å². The van der Waals surface area contributed by atoms with E-state index < -0.39 is 0 Å². The largest absolute Gasteiger partial charge is 0.619 e. The molecule has 0 aliphatic carbocycles. The van der Waals surface area contributed by atoms with Crippen molar-refractivity contribution in [3.63, 3.8) is 0 Å². The van der Waals surface area contributed by atoms with Crippen LogP contribution in [0, 0.1) is 5.21 Å². The molecule has 0 bridgehead atoms. The molecule has 1 aromatic carbocycles. The molecule has 2 aromatic rings. The Balaban J connectivity index is 1.60. The fourth-order valence-corrected chi connectivity index (χ4v) is 2.62. The molecule has 1 aromatic heterocycles. The number of methoxy groups -OCH3 is 1. The fraction of sp³-hybridized carbons (Fsp3) is 0.294. The van der Waals surface area contributed by atoms with Gasteiger partial charge in [0.25, 0.3) is 5.91 Å². The second-order valence-electron chi connectivity index (χ2n) is 5.41. The molecule has 1 aliphatic heterocycles. The number of hydrogen-bond acceptors (Lipinski definition) is 4. The summed E-state index contributed by atoms with van der Waals surface area (Å²) in [5.74, 6) is 1.38. The smallest absolute Gasteiger partial charge is 0.260 e. The van der Waals surface area contributed by atoms with Crippen LogP contribution in [0.25, 0.3) is 0 Å². The van der Waals surface area contributed by atoms with Gasteiger partial charge in [0.05, 0.1) is 13.7 Å². The third kappa shape index (κ3) is 3.53. The van der Waals surface area contributed by atoms with Crippen molar-refractivity contribution < 1.29 is 19.0 Å². The molecular formula is C17H18N2O4. The van der Waals surface area contributed by atoms with Gasteiger partial charge in [0.1, 0.15) is 23.2 Å². The molecule has 0 radical (unpaired) electrons. The highest BCUT2D eigenvalue weighted by atomic mass is 16.5. The third-order valence-corrected chi connectivity index (χ3v) is 3.82. The van der Waals surface area contributed by atoms with E-state index in [1.165, 1.54) is 12.4 Å². The first kappa shape index (κ1) is 15.1. The molecule has 1 saturated heterocycles. The van der Waals surface area contributed by atoms with Gasteiger partial charge in [-0.25, -0.2) is 0 Å². The molecule has 23 heavy (non-hydrogen) atoms. The summed E-state index contributed by atoms with van der Waals surface area (Å²) in [4.78, 5) is 14.1. The Kier molecular flexibility index (Phi) is 4.32. The van der Waals surface area contributed by atoms with E-state index in [4.69, 9.17) is 9.47 Å². The molecule has 0 N–H and O–H groups in total. The van der Waals surface area contributed by atoms with Gasteiger partial charge in [0, 0.05) is 19.0 Å². The highest BCUT2D eigenvalue weighted by Gasteiger charge is 2.29. The van der Waals surface area contributed by atoms with Crippen molar-refractivity contribution in [2.45, 2.75) is 12.5 Å². The predicted octanol–water partition coefficient (Wildman–Crippen LogP) is 1.62. The first-order valence-corrected chi connectivity index (χ1v) is 7.44. The Morgan fingerprint density at radius 2 is 2.00 bits per heavy atom. The van der Waals surface area contributed by atoms with Crippen LogP contribution in [-0.4, -0.2) is 37.1 Å². The van der Waals surface area contributed by atoms with E-state index in [-0.39, 0.29) is 12.0 Å². The second-order valence-corrected chi connectivity index (χ2v) is 5.41. The highest BCUT2D eigenvalue weighted by molar-refractivity contribution is 5.93. The van der Waals surface area contributed by atoms with Crippen LogP contribution in [0.2, 0.25) is 0 Å². The minimum Gasteiger partial charge on any atom is -0.619 e. The Hall–Kier alpha value is -2.76. The van der Waals surface area contributed by atoms with Gasteiger partial charge in [-0.05, 0) is 30.3 Å². The lowest BCUT2D eigenvalue weighted by molar-refractivity contribution is -0.605. The third-order valence-electron chi connectivity index (χ3n) is 3.82. The highest BCUT2D eigenvalue weighted by Crippen LogP contribution is 2.22. The summed E-state index contributed by atoms with van der Waals surface area (Å²) in [7, 11) is 1.62. The number of likely N-dealkylation sites (tertiary alicyclic amines) is 1. The fourth-order valence-electron chi connectivity index (χ4n) is 2.62. The van der Waals surface area contributed by atoms with Crippen molar-refractivity contribution in [1.29, 1.82) is 0 Å². The SMILES string of the molecule is COc1ccc(OC2CCN(C(=O)c3ccc[n+]([O-])c3)C2)cc1. The standard InChI is InChI=1S/C17H18N2O4/c1-22-14-4-6-15(7-5-14)23-16-8-10-18(12-16)17(20)13-3-2-9-19(21)11-13/h2-7,9,11,16H,8,10,12H2,1H3. The summed E-state index contributed by atoms with van der Waals surface area (Å²) in [6.45, 7) is 1.13. The summed E-state index contributed by atoms with van der Waals surface area (Å²) in [5.41, 5.74) is 0.396. The Labute approximate surface area is 134 Å². The van der Waals surface area contributed by atoms with Gasteiger partial charge < -0.3 is 19.6 Å². The van der Waals surface area contributed by atoms with E-state index in [0.29, 0.717) is 23.4 Å². The number of aromatic nitrogens is 1. The van der Waals surface area contributed by atoms with E-state index in [0.717, 1.165) is 17.9 Å². The minimum atomic E-state index is -0.143. The maximum Gasteiger partial charge on any atom is 0.260 e. The van der Waals surface area contributed by atoms with Gasteiger partial charge >= 0.3 is 0 Å². The molecule has 1 fully saturated rings. The Bertz CT molecular complexity index is 687. The summed E-state index contributed by atoms with van der Waals surface area (Å²) in [5, 5.41) is 11.3. The normalized spacial score (nSPS) is 17.1. The molecule has 3 rings (SSSR count). The van der Waals surface area contributed by atoms with Crippen molar-refractivity contribution in [1.82, 2.24) is 4.90 Å². The number of carbonyl (C=O) groups excluding carboxylic acids is 1. The predicted molar refractivity (Wildman–Crippen MR) is 83.3 cm³/mol. The molecule has 1 atom stereocenters. The molecular weight excluding hydrogens is 296 g/mol. The number of nitrogens with zero attached hydrogens (tertiary/aromatic N) is 2.